The van der Waals surface area contributed by atoms with Crippen molar-refractivity contribution in [3.63, 3.8) is 0 Å². The Morgan fingerprint density at radius 3 is 2.32 bits per heavy atom. The summed E-state index contributed by atoms with van der Waals surface area (Å²) >= 11 is 0. The number of nitrogens with two attached hydrogens (primary N) is 1. The van der Waals surface area contributed by atoms with Gasteiger partial charge in [0, 0.05) is 0 Å². The number of hydrogen-bond donors (Lipinski definition) is 3. The minimum absolute atomic E-state index is 0.0895. The number of amides is 2. The number of hydrogen-bond acceptors (Lipinski definition) is 6. The number of esters is 1. The number of rotatable bonds is 9. The molecule has 0 radical (unpaired) electrons. The predicted molar refractivity (Wildman–Crippen MR) is 105 cm³/mol. The number of nitrogens with one attached hydrogen (secondary N) is 2. The maximum absolute atomic E-state index is 12.5. The fourth-order valence-electron chi connectivity index (χ4n) is 2.26. The molecule has 0 bridgehead atoms. The molecule has 0 unspecified atom stereocenters. The molecule has 2 atom stereocenters. The molecule has 0 aliphatic rings. The second-order valence-corrected chi connectivity index (χ2v) is 7.45. The minimum atomic E-state index is -0.864. The largest absolute Gasteiger partial charge is 0.458 e. The fourth-order valence-corrected chi connectivity index (χ4v) is 2.26. The molecular formula is C20H31N3O5. The molecule has 0 aliphatic carbocycles. The van der Waals surface area contributed by atoms with Crippen LogP contribution in [0.1, 0.15) is 46.1 Å². The van der Waals surface area contributed by atoms with Crippen molar-refractivity contribution in [2.45, 2.75) is 64.8 Å². The predicted octanol–water partition coefficient (Wildman–Crippen LogP) is 1.87. The number of alkyl carbamates (subject to hydrolysis) is 1. The van der Waals surface area contributed by atoms with E-state index in [4.69, 9.17) is 15.2 Å². The molecule has 2 amide bonds. The fraction of sp³-hybridized carbons (Fsp3) is 0.550. The van der Waals surface area contributed by atoms with E-state index >= 15 is 0 Å². The van der Waals surface area contributed by atoms with Crippen molar-refractivity contribution in [3.05, 3.63) is 35.9 Å². The average Bonchev–Trinajstić information content (AvgIpc) is 2.62. The Labute approximate surface area is 166 Å². The standard InChI is InChI=1S/C20H31N3O5/c1-14(18(25)28-20(2,3)4)22-17(24)16(11-8-12-21)23-19(26)27-13-15-9-6-5-7-10-15/h5-7,9-10,14,16H,8,11-13,21H2,1-4H3,(H,22,24)(H,23,26)/t14-,16-/m0/s1. The van der Waals surface area contributed by atoms with Gasteiger partial charge in [0.15, 0.2) is 0 Å². The first-order chi connectivity index (χ1) is 13.1. The second-order valence-electron chi connectivity index (χ2n) is 7.45. The van der Waals surface area contributed by atoms with Gasteiger partial charge in [0.2, 0.25) is 5.91 Å². The topological polar surface area (TPSA) is 120 Å². The lowest BCUT2D eigenvalue weighted by atomic mass is 10.1. The van der Waals surface area contributed by atoms with Crippen LogP contribution in [0.5, 0.6) is 0 Å². The van der Waals surface area contributed by atoms with Gasteiger partial charge >= 0.3 is 12.1 Å². The van der Waals surface area contributed by atoms with Crippen molar-refractivity contribution < 1.29 is 23.9 Å². The third kappa shape index (κ3) is 9.36. The molecule has 0 saturated carbocycles. The van der Waals surface area contributed by atoms with Gasteiger partial charge in [-0.15, -0.1) is 0 Å². The molecule has 0 saturated heterocycles. The summed E-state index contributed by atoms with van der Waals surface area (Å²) in [5.41, 5.74) is 5.69. The summed E-state index contributed by atoms with van der Waals surface area (Å²) < 4.78 is 10.4. The lowest BCUT2D eigenvalue weighted by Gasteiger charge is -2.24. The van der Waals surface area contributed by atoms with Crippen molar-refractivity contribution >= 4 is 18.0 Å². The second kappa shape index (κ2) is 11.3. The van der Waals surface area contributed by atoms with Crippen LogP contribution in [-0.4, -0.2) is 42.2 Å². The van der Waals surface area contributed by atoms with Crippen LogP contribution in [0.3, 0.4) is 0 Å². The molecule has 0 heterocycles. The number of ether oxygens (including phenoxy) is 2. The van der Waals surface area contributed by atoms with Crippen LogP contribution in [-0.2, 0) is 25.7 Å². The minimum Gasteiger partial charge on any atom is -0.458 e. The summed E-state index contributed by atoms with van der Waals surface area (Å²) in [5.74, 6) is -1.05. The van der Waals surface area contributed by atoms with Crippen LogP contribution in [0.2, 0.25) is 0 Å². The van der Waals surface area contributed by atoms with Crippen molar-refractivity contribution in [3.8, 4) is 0 Å². The smallest absolute Gasteiger partial charge is 0.408 e. The third-order valence-corrected chi connectivity index (χ3v) is 3.64. The zero-order valence-electron chi connectivity index (χ0n) is 17.0. The monoisotopic (exact) mass is 393 g/mol. The zero-order chi connectivity index (χ0) is 21.2. The van der Waals surface area contributed by atoms with Crippen LogP contribution in [0.15, 0.2) is 30.3 Å². The van der Waals surface area contributed by atoms with Crippen molar-refractivity contribution in [1.82, 2.24) is 10.6 Å². The van der Waals surface area contributed by atoms with Crippen LogP contribution in [0, 0.1) is 0 Å². The Morgan fingerprint density at radius 2 is 1.75 bits per heavy atom. The van der Waals surface area contributed by atoms with E-state index in [1.807, 2.05) is 30.3 Å². The van der Waals surface area contributed by atoms with Crippen LogP contribution < -0.4 is 16.4 Å². The molecule has 4 N–H and O–H groups in total. The highest BCUT2D eigenvalue weighted by molar-refractivity contribution is 5.89. The van der Waals surface area contributed by atoms with E-state index in [0.29, 0.717) is 19.4 Å². The maximum atomic E-state index is 12.5. The highest BCUT2D eigenvalue weighted by atomic mass is 16.6. The molecule has 8 nitrogen and oxygen atoms in total. The number of carbonyl (C=O) groups excluding carboxylic acids is 3. The van der Waals surface area contributed by atoms with Crippen LogP contribution in [0.4, 0.5) is 4.79 Å². The summed E-state index contributed by atoms with van der Waals surface area (Å²) in [4.78, 5) is 36.6. The highest BCUT2D eigenvalue weighted by Gasteiger charge is 2.27. The molecule has 28 heavy (non-hydrogen) atoms. The van der Waals surface area contributed by atoms with E-state index in [-0.39, 0.29) is 6.61 Å². The number of carbonyl (C=O) groups is 3. The molecule has 0 fully saturated rings. The Hall–Kier alpha value is -2.61. The molecule has 0 aromatic heterocycles. The first-order valence-corrected chi connectivity index (χ1v) is 9.33. The van der Waals surface area contributed by atoms with Gasteiger partial charge in [-0.05, 0) is 52.6 Å². The van der Waals surface area contributed by atoms with Crippen LogP contribution >= 0.6 is 0 Å². The Kier molecular flexibility index (Phi) is 9.44. The lowest BCUT2D eigenvalue weighted by Crippen LogP contribution is -2.51. The summed E-state index contributed by atoms with van der Waals surface area (Å²) in [6, 6.07) is 7.48. The summed E-state index contributed by atoms with van der Waals surface area (Å²) in [5, 5.41) is 5.10. The number of benzene rings is 1. The van der Waals surface area contributed by atoms with Gasteiger partial charge in [0.1, 0.15) is 24.3 Å². The normalized spacial score (nSPS) is 13.2. The van der Waals surface area contributed by atoms with Gasteiger partial charge in [0.05, 0.1) is 0 Å². The van der Waals surface area contributed by atoms with Gasteiger partial charge in [-0.1, -0.05) is 30.3 Å². The molecule has 8 heteroatoms. The molecular weight excluding hydrogens is 362 g/mol. The summed E-state index contributed by atoms with van der Waals surface area (Å²) in [6.45, 7) is 7.22. The molecule has 156 valence electrons. The van der Waals surface area contributed by atoms with Gasteiger partial charge in [-0.25, -0.2) is 9.59 Å². The Balaban J connectivity index is 2.60. The summed E-state index contributed by atoms with van der Waals surface area (Å²) in [6.07, 6.45) is 0.132. The van der Waals surface area contributed by atoms with Gasteiger partial charge in [-0.2, -0.15) is 0 Å². The lowest BCUT2D eigenvalue weighted by molar-refractivity contribution is -0.158. The van der Waals surface area contributed by atoms with E-state index in [2.05, 4.69) is 10.6 Å². The quantitative estimate of drug-likeness (QED) is 0.551. The zero-order valence-corrected chi connectivity index (χ0v) is 17.0. The van der Waals surface area contributed by atoms with E-state index in [1.165, 1.54) is 6.92 Å². The Morgan fingerprint density at radius 1 is 1.11 bits per heavy atom. The molecule has 1 aromatic rings. The van der Waals surface area contributed by atoms with Crippen molar-refractivity contribution in [2.75, 3.05) is 6.54 Å². The van der Waals surface area contributed by atoms with Crippen molar-refractivity contribution in [1.29, 1.82) is 0 Å². The average molecular weight is 393 g/mol. The van der Waals surface area contributed by atoms with Crippen LogP contribution in [0.25, 0.3) is 0 Å². The van der Waals surface area contributed by atoms with E-state index < -0.39 is 35.7 Å². The highest BCUT2D eigenvalue weighted by Crippen LogP contribution is 2.09. The van der Waals surface area contributed by atoms with Crippen molar-refractivity contribution in [2.24, 2.45) is 5.73 Å². The van der Waals surface area contributed by atoms with E-state index in [9.17, 15) is 14.4 Å². The molecule has 1 aromatic carbocycles. The first-order valence-electron chi connectivity index (χ1n) is 9.33. The van der Waals surface area contributed by atoms with E-state index in [0.717, 1.165) is 5.56 Å². The van der Waals surface area contributed by atoms with E-state index in [1.54, 1.807) is 20.8 Å². The molecule has 0 aliphatic heterocycles. The third-order valence-electron chi connectivity index (χ3n) is 3.64. The van der Waals surface area contributed by atoms with Gasteiger partial charge < -0.3 is 25.8 Å². The SMILES string of the molecule is C[C@H](NC(=O)[C@H](CCCN)NC(=O)OCc1ccccc1)C(=O)OC(C)(C)C. The maximum Gasteiger partial charge on any atom is 0.408 e. The van der Waals surface area contributed by atoms with Gasteiger partial charge in [-0.3, -0.25) is 4.79 Å². The molecule has 1 rings (SSSR count). The Bertz CT molecular complexity index is 643. The first kappa shape index (κ1) is 23.4. The molecule has 0 spiro atoms. The van der Waals surface area contributed by atoms with Gasteiger partial charge in [0.25, 0.3) is 0 Å². The summed E-state index contributed by atoms with van der Waals surface area (Å²) in [7, 11) is 0.